The number of benzene rings is 2. The van der Waals surface area contributed by atoms with Crippen LogP contribution in [-0.2, 0) is 18.8 Å². The van der Waals surface area contributed by atoms with E-state index in [0.717, 1.165) is 35.4 Å². The van der Waals surface area contributed by atoms with Crippen LogP contribution in [0.4, 0.5) is 5.69 Å². The number of hydrogen-bond acceptors (Lipinski definition) is 6. The van der Waals surface area contributed by atoms with Crippen LogP contribution in [0.15, 0.2) is 84.3 Å². The quantitative estimate of drug-likeness (QED) is 0.330. The third-order valence-corrected chi connectivity index (χ3v) is 7.39. The van der Waals surface area contributed by atoms with Gasteiger partial charge in [0.15, 0.2) is 11.0 Å². The van der Waals surface area contributed by atoms with Gasteiger partial charge in [-0.1, -0.05) is 42.1 Å². The van der Waals surface area contributed by atoms with E-state index in [9.17, 15) is 4.79 Å². The molecule has 1 fully saturated rings. The van der Waals surface area contributed by atoms with E-state index in [1.807, 2.05) is 54.6 Å². The van der Waals surface area contributed by atoms with Crippen molar-refractivity contribution in [1.82, 2.24) is 25.1 Å². The van der Waals surface area contributed by atoms with Crippen molar-refractivity contribution in [1.29, 1.82) is 0 Å². The van der Waals surface area contributed by atoms with Crippen molar-refractivity contribution in [2.45, 2.75) is 43.3 Å². The molecule has 0 saturated carbocycles. The zero-order valence-electron chi connectivity index (χ0n) is 20.2. The van der Waals surface area contributed by atoms with E-state index >= 15 is 0 Å². The van der Waals surface area contributed by atoms with Crippen LogP contribution in [0.1, 0.15) is 46.6 Å². The van der Waals surface area contributed by atoms with Crippen molar-refractivity contribution in [2.24, 2.45) is 0 Å². The van der Waals surface area contributed by atoms with Crippen LogP contribution in [0, 0.1) is 0 Å². The van der Waals surface area contributed by atoms with E-state index in [0.29, 0.717) is 18.7 Å². The zero-order chi connectivity index (χ0) is 24.6. The molecule has 36 heavy (non-hydrogen) atoms. The maximum atomic E-state index is 12.9. The number of piperidine rings is 1. The van der Waals surface area contributed by atoms with E-state index in [-0.39, 0.29) is 5.91 Å². The predicted molar refractivity (Wildman–Crippen MR) is 143 cm³/mol. The molecule has 5 rings (SSSR count). The molecule has 184 valence electrons. The first kappa shape index (κ1) is 24.1. The van der Waals surface area contributed by atoms with E-state index < -0.39 is 0 Å². The van der Waals surface area contributed by atoms with Crippen LogP contribution in [0.2, 0.25) is 0 Å². The summed E-state index contributed by atoms with van der Waals surface area (Å²) in [7, 11) is 0. The molecule has 1 aliphatic rings. The van der Waals surface area contributed by atoms with Gasteiger partial charge in [-0.15, -0.1) is 10.2 Å². The van der Waals surface area contributed by atoms with Gasteiger partial charge < -0.3 is 14.8 Å². The topological polar surface area (TPSA) is 75.9 Å². The highest BCUT2D eigenvalue weighted by molar-refractivity contribution is 7.98. The first-order valence-corrected chi connectivity index (χ1v) is 13.4. The zero-order valence-corrected chi connectivity index (χ0v) is 21.0. The highest BCUT2D eigenvalue weighted by Gasteiger charge is 2.16. The lowest BCUT2D eigenvalue weighted by molar-refractivity contribution is 0.0949. The maximum Gasteiger partial charge on any atom is 0.251 e. The Balaban J connectivity index is 1.27. The number of hydrogen-bond donors (Lipinski definition) is 1. The van der Waals surface area contributed by atoms with E-state index in [4.69, 9.17) is 0 Å². The number of pyridine rings is 1. The van der Waals surface area contributed by atoms with Gasteiger partial charge in [0, 0.05) is 42.5 Å². The van der Waals surface area contributed by atoms with Gasteiger partial charge >= 0.3 is 0 Å². The van der Waals surface area contributed by atoms with Gasteiger partial charge in [0.2, 0.25) is 0 Å². The molecule has 0 aliphatic carbocycles. The van der Waals surface area contributed by atoms with Crippen molar-refractivity contribution in [3.05, 3.63) is 102 Å². The number of carbonyl (C=O) groups is 1. The molecule has 4 aromatic rings. The standard InChI is InChI=1S/C28H30N6OS/c35-27(24-9-11-25(12-10-24)33-17-5-2-6-18-33)30-19-26-31-32-28(36-21-23-13-15-29-16-14-23)34(26)20-22-7-3-1-4-8-22/h1,3-4,7-16H,2,5-6,17-21H2,(H,30,35). The van der Waals surface area contributed by atoms with E-state index in [1.54, 1.807) is 24.2 Å². The van der Waals surface area contributed by atoms with Gasteiger partial charge in [-0.25, -0.2) is 0 Å². The van der Waals surface area contributed by atoms with Gasteiger partial charge in [-0.3, -0.25) is 9.78 Å². The van der Waals surface area contributed by atoms with Gasteiger partial charge in [-0.2, -0.15) is 0 Å². The summed E-state index contributed by atoms with van der Waals surface area (Å²) in [6.07, 6.45) is 7.36. The number of thioether (sulfide) groups is 1. The predicted octanol–water partition coefficient (Wildman–Crippen LogP) is 4.93. The number of rotatable bonds is 9. The van der Waals surface area contributed by atoms with Gasteiger partial charge in [-0.05, 0) is 66.8 Å². The minimum atomic E-state index is -0.111. The maximum absolute atomic E-state index is 12.9. The Hall–Kier alpha value is -3.65. The van der Waals surface area contributed by atoms with Crippen LogP contribution >= 0.6 is 11.8 Å². The Kier molecular flexibility index (Phi) is 7.93. The monoisotopic (exact) mass is 498 g/mol. The van der Waals surface area contributed by atoms with Crippen LogP contribution in [-0.4, -0.2) is 38.7 Å². The first-order valence-electron chi connectivity index (χ1n) is 12.4. The summed E-state index contributed by atoms with van der Waals surface area (Å²) in [5.74, 6) is 1.39. The summed E-state index contributed by atoms with van der Waals surface area (Å²) in [5, 5.41) is 12.7. The summed E-state index contributed by atoms with van der Waals surface area (Å²) in [6, 6.07) is 22.1. The molecule has 3 heterocycles. The molecule has 7 nitrogen and oxygen atoms in total. The second kappa shape index (κ2) is 11.9. The van der Waals surface area contributed by atoms with Gasteiger partial charge in [0.05, 0.1) is 13.1 Å². The third kappa shape index (κ3) is 6.12. The normalized spacial score (nSPS) is 13.5. The molecule has 0 atom stereocenters. The van der Waals surface area contributed by atoms with Crippen LogP contribution in [0.25, 0.3) is 0 Å². The Morgan fingerprint density at radius 1 is 0.861 bits per heavy atom. The Labute approximate surface area is 216 Å². The van der Waals surface area contributed by atoms with E-state index in [1.165, 1.54) is 30.5 Å². The minimum absolute atomic E-state index is 0.111. The summed E-state index contributed by atoms with van der Waals surface area (Å²) >= 11 is 1.63. The largest absolute Gasteiger partial charge is 0.372 e. The second-order valence-electron chi connectivity index (χ2n) is 8.89. The fourth-order valence-corrected chi connectivity index (χ4v) is 5.26. The lowest BCUT2D eigenvalue weighted by Gasteiger charge is -2.28. The molecular weight excluding hydrogens is 468 g/mol. The molecule has 1 N–H and O–H groups in total. The van der Waals surface area contributed by atoms with Crippen molar-refractivity contribution >= 4 is 23.4 Å². The number of nitrogens with one attached hydrogen (secondary N) is 1. The smallest absolute Gasteiger partial charge is 0.251 e. The second-order valence-corrected chi connectivity index (χ2v) is 9.83. The summed E-state index contributed by atoms with van der Waals surface area (Å²) in [6.45, 7) is 3.12. The first-order chi connectivity index (χ1) is 17.8. The molecule has 0 spiro atoms. The number of nitrogens with zero attached hydrogens (tertiary/aromatic N) is 5. The Bertz CT molecular complexity index is 1250. The van der Waals surface area contributed by atoms with Crippen molar-refractivity contribution in [2.75, 3.05) is 18.0 Å². The molecule has 0 radical (unpaired) electrons. The van der Waals surface area contributed by atoms with Gasteiger partial charge in [0.25, 0.3) is 5.91 Å². The lowest BCUT2D eigenvalue weighted by atomic mass is 10.1. The summed E-state index contributed by atoms with van der Waals surface area (Å²) in [4.78, 5) is 19.4. The van der Waals surface area contributed by atoms with Crippen LogP contribution < -0.4 is 10.2 Å². The number of aromatic nitrogens is 4. The highest BCUT2D eigenvalue weighted by Crippen LogP contribution is 2.23. The fraction of sp³-hybridized carbons (Fsp3) is 0.286. The minimum Gasteiger partial charge on any atom is -0.372 e. The van der Waals surface area contributed by atoms with Crippen molar-refractivity contribution in [3.8, 4) is 0 Å². The SMILES string of the molecule is O=C(NCc1nnc(SCc2ccncc2)n1Cc1ccccc1)c1ccc(N2CCCCC2)cc1. The third-order valence-electron chi connectivity index (χ3n) is 6.35. The molecule has 1 aliphatic heterocycles. The number of amides is 1. The molecular formula is C28H30N6OS. The highest BCUT2D eigenvalue weighted by atomic mass is 32.2. The molecule has 1 amide bonds. The lowest BCUT2D eigenvalue weighted by Crippen LogP contribution is -2.29. The molecule has 2 aromatic carbocycles. The molecule has 1 saturated heterocycles. The van der Waals surface area contributed by atoms with Gasteiger partial charge in [0.1, 0.15) is 0 Å². The van der Waals surface area contributed by atoms with Crippen molar-refractivity contribution in [3.63, 3.8) is 0 Å². The number of anilines is 1. The number of carbonyl (C=O) groups excluding carboxylic acids is 1. The van der Waals surface area contributed by atoms with Crippen LogP contribution in [0.3, 0.4) is 0 Å². The Morgan fingerprint density at radius 2 is 1.61 bits per heavy atom. The average Bonchev–Trinajstić information content (AvgIpc) is 3.33. The summed E-state index contributed by atoms with van der Waals surface area (Å²) < 4.78 is 2.08. The summed E-state index contributed by atoms with van der Waals surface area (Å²) in [5.41, 5.74) is 4.16. The molecule has 8 heteroatoms. The molecule has 0 bridgehead atoms. The molecule has 2 aromatic heterocycles. The Morgan fingerprint density at radius 3 is 2.36 bits per heavy atom. The van der Waals surface area contributed by atoms with Crippen molar-refractivity contribution < 1.29 is 4.79 Å². The van der Waals surface area contributed by atoms with E-state index in [2.05, 4.69) is 42.1 Å². The molecule has 0 unspecified atom stereocenters. The average molecular weight is 499 g/mol. The fourth-order valence-electron chi connectivity index (χ4n) is 4.35. The van der Waals surface area contributed by atoms with Crippen LogP contribution in [0.5, 0.6) is 0 Å².